The van der Waals surface area contributed by atoms with Gasteiger partial charge in [-0.15, -0.1) is 0 Å². The molecule has 0 N–H and O–H groups in total. The van der Waals surface area contributed by atoms with E-state index in [0.717, 1.165) is 25.3 Å². The number of hydrogen-bond acceptors (Lipinski definition) is 3. The Labute approximate surface area is 149 Å². The summed E-state index contributed by atoms with van der Waals surface area (Å²) in [6, 6.07) is 1.43. The van der Waals surface area contributed by atoms with Crippen LogP contribution in [-0.4, -0.2) is 18.4 Å². The number of ketones is 1. The smallest absolute Gasteiger partial charge is 0.340 e. The predicted octanol–water partition coefficient (Wildman–Crippen LogP) is 4.56. The Hall–Kier alpha value is -1.49. The van der Waals surface area contributed by atoms with Gasteiger partial charge in [-0.3, -0.25) is 4.79 Å². The van der Waals surface area contributed by atoms with Crippen LogP contribution in [-0.2, 0) is 9.53 Å². The van der Waals surface area contributed by atoms with Gasteiger partial charge in [0.15, 0.2) is 24.0 Å². The van der Waals surface area contributed by atoms with E-state index in [2.05, 4.69) is 0 Å². The average molecular weight is 369 g/mol. The lowest BCUT2D eigenvalue weighted by molar-refractivity contribution is -0.147. The number of ether oxygens (including phenoxy) is 1. The Kier molecular flexibility index (Phi) is 4.10. The molecule has 25 heavy (non-hydrogen) atoms. The van der Waals surface area contributed by atoms with Crippen molar-refractivity contribution in [1.82, 2.24) is 0 Å². The van der Waals surface area contributed by atoms with Crippen LogP contribution in [0.4, 0.5) is 8.78 Å². The molecule has 4 fully saturated rings. The van der Waals surface area contributed by atoms with E-state index < -0.39 is 17.6 Å². The number of Topliss-reactive ketones (excluding diaryl/α,β-unsaturated/α-hetero) is 1. The summed E-state index contributed by atoms with van der Waals surface area (Å²) in [6.07, 6.45) is 6.33. The molecule has 0 saturated heterocycles. The maximum absolute atomic E-state index is 13.3. The molecule has 3 nitrogen and oxygen atoms in total. The first-order valence-electron chi connectivity index (χ1n) is 8.71. The van der Waals surface area contributed by atoms with Crippen molar-refractivity contribution in [1.29, 1.82) is 0 Å². The maximum atomic E-state index is 13.3. The highest BCUT2D eigenvalue weighted by atomic mass is 35.5. The number of rotatable bonds is 4. The highest BCUT2D eigenvalue weighted by Crippen LogP contribution is 2.60. The van der Waals surface area contributed by atoms with Crippen LogP contribution in [0.25, 0.3) is 0 Å². The van der Waals surface area contributed by atoms with E-state index in [1.54, 1.807) is 0 Å². The molecule has 1 aromatic rings. The number of carbonyl (C=O) groups is 2. The van der Waals surface area contributed by atoms with Gasteiger partial charge < -0.3 is 4.74 Å². The van der Waals surface area contributed by atoms with Gasteiger partial charge in [0.2, 0.25) is 0 Å². The fraction of sp³-hybridized carbons (Fsp3) is 0.579. The molecule has 4 saturated carbocycles. The molecule has 0 atom stereocenters. The van der Waals surface area contributed by atoms with Crippen LogP contribution < -0.4 is 0 Å². The van der Waals surface area contributed by atoms with Crippen molar-refractivity contribution < 1.29 is 23.1 Å². The molecule has 0 aliphatic heterocycles. The van der Waals surface area contributed by atoms with Gasteiger partial charge >= 0.3 is 5.97 Å². The van der Waals surface area contributed by atoms with Gasteiger partial charge in [-0.1, -0.05) is 11.6 Å². The largest absolute Gasteiger partial charge is 0.454 e. The first-order chi connectivity index (χ1) is 11.9. The van der Waals surface area contributed by atoms with Crippen LogP contribution in [0.1, 0.15) is 48.9 Å². The molecule has 0 radical (unpaired) electrons. The second-order valence-electron chi connectivity index (χ2n) is 7.94. The van der Waals surface area contributed by atoms with Crippen molar-refractivity contribution in [3.05, 3.63) is 34.4 Å². The van der Waals surface area contributed by atoms with E-state index in [4.69, 9.17) is 16.3 Å². The van der Waals surface area contributed by atoms with E-state index >= 15 is 0 Å². The van der Waals surface area contributed by atoms with Crippen molar-refractivity contribution in [2.75, 3.05) is 6.61 Å². The summed E-state index contributed by atoms with van der Waals surface area (Å²) in [5.41, 5.74) is -0.619. The summed E-state index contributed by atoms with van der Waals surface area (Å²) >= 11 is 5.78. The van der Waals surface area contributed by atoms with Crippen LogP contribution in [0, 0.1) is 34.8 Å². The third-order valence-electron chi connectivity index (χ3n) is 6.19. The molecule has 6 heteroatoms. The zero-order valence-corrected chi connectivity index (χ0v) is 14.5. The van der Waals surface area contributed by atoms with Crippen LogP contribution in [0.2, 0.25) is 5.02 Å². The molecule has 1 aromatic carbocycles. The molecular weight excluding hydrogens is 350 g/mol. The Balaban J connectivity index is 1.44. The topological polar surface area (TPSA) is 43.4 Å². The van der Waals surface area contributed by atoms with E-state index in [1.807, 2.05) is 0 Å². The number of hydrogen-bond donors (Lipinski definition) is 0. The van der Waals surface area contributed by atoms with Crippen molar-refractivity contribution in [2.45, 2.75) is 38.5 Å². The van der Waals surface area contributed by atoms with Crippen molar-refractivity contribution in [2.24, 2.45) is 23.2 Å². The van der Waals surface area contributed by atoms with Gasteiger partial charge in [0.25, 0.3) is 0 Å². The zero-order valence-electron chi connectivity index (χ0n) is 13.7. The first kappa shape index (κ1) is 17.0. The van der Waals surface area contributed by atoms with Gasteiger partial charge in [-0.2, -0.15) is 0 Å². The number of halogens is 3. The molecule has 0 amide bonds. The minimum Gasteiger partial charge on any atom is -0.454 e. The molecule has 0 heterocycles. The molecular formula is C19H19ClF2O3. The Morgan fingerprint density at radius 2 is 1.56 bits per heavy atom. The number of carbonyl (C=O) groups excluding carboxylic acids is 2. The van der Waals surface area contributed by atoms with Gasteiger partial charge in [0, 0.05) is 5.41 Å². The standard InChI is InChI=1S/C19H19ClF2O3/c20-14-5-16(22)15(21)4-13(14)18(24)25-9-17(23)19-6-10-1-11(7-19)3-12(2-10)8-19/h4-5,10-12H,1-3,6-9H2. The second kappa shape index (κ2) is 6.04. The zero-order chi connectivity index (χ0) is 17.8. The van der Waals surface area contributed by atoms with Crippen LogP contribution in [0.3, 0.4) is 0 Å². The normalized spacial score (nSPS) is 32.7. The third-order valence-corrected chi connectivity index (χ3v) is 6.51. The Bertz CT molecular complexity index is 711. The second-order valence-corrected chi connectivity index (χ2v) is 8.35. The molecule has 5 rings (SSSR count). The number of esters is 1. The van der Waals surface area contributed by atoms with Crippen molar-refractivity contribution in [3.63, 3.8) is 0 Å². The summed E-state index contributed by atoms with van der Waals surface area (Å²) in [7, 11) is 0. The van der Waals surface area contributed by atoms with E-state index in [9.17, 15) is 18.4 Å². The lowest BCUT2D eigenvalue weighted by Crippen LogP contribution is -2.51. The molecule has 0 spiro atoms. The predicted molar refractivity (Wildman–Crippen MR) is 87.3 cm³/mol. The van der Waals surface area contributed by atoms with Crippen LogP contribution in [0.5, 0.6) is 0 Å². The van der Waals surface area contributed by atoms with Gasteiger partial charge in [0.1, 0.15) is 0 Å². The van der Waals surface area contributed by atoms with E-state index in [1.165, 1.54) is 19.3 Å². The molecule has 0 aromatic heterocycles. The Morgan fingerprint density at radius 1 is 1.04 bits per heavy atom. The highest BCUT2D eigenvalue weighted by Gasteiger charge is 2.54. The highest BCUT2D eigenvalue weighted by molar-refractivity contribution is 6.33. The van der Waals surface area contributed by atoms with Gasteiger partial charge in [-0.05, 0) is 68.4 Å². The quantitative estimate of drug-likeness (QED) is 0.578. The fourth-order valence-electron chi connectivity index (χ4n) is 5.49. The van der Waals surface area contributed by atoms with Gasteiger partial charge in [-0.25, -0.2) is 13.6 Å². The summed E-state index contributed by atoms with van der Waals surface area (Å²) in [4.78, 5) is 24.9. The van der Waals surface area contributed by atoms with Crippen molar-refractivity contribution in [3.8, 4) is 0 Å². The van der Waals surface area contributed by atoms with Crippen LogP contribution >= 0.6 is 11.6 Å². The SMILES string of the molecule is O=C(OCC(=O)C12CC3CC(CC(C3)C1)C2)c1cc(F)c(F)cc1Cl. The third kappa shape index (κ3) is 2.97. The fourth-order valence-corrected chi connectivity index (χ4v) is 5.72. The lowest BCUT2D eigenvalue weighted by atomic mass is 9.48. The van der Waals surface area contributed by atoms with Crippen molar-refractivity contribution >= 4 is 23.4 Å². The molecule has 4 bridgehead atoms. The first-order valence-corrected chi connectivity index (χ1v) is 9.09. The van der Waals surface area contributed by atoms with Gasteiger partial charge in [0.05, 0.1) is 10.6 Å². The van der Waals surface area contributed by atoms with E-state index in [-0.39, 0.29) is 28.4 Å². The molecule has 134 valence electrons. The summed E-state index contributed by atoms with van der Waals surface area (Å²) in [6.45, 7) is -0.333. The maximum Gasteiger partial charge on any atom is 0.340 e. The molecule has 4 aliphatic rings. The van der Waals surface area contributed by atoms with Crippen LogP contribution in [0.15, 0.2) is 12.1 Å². The minimum absolute atomic E-state index is 0.0429. The summed E-state index contributed by atoms with van der Waals surface area (Å²) in [5, 5.41) is -0.230. The lowest BCUT2D eigenvalue weighted by Gasteiger charge is -2.55. The minimum atomic E-state index is -1.18. The molecule has 4 aliphatic carbocycles. The summed E-state index contributed by atoms with van der Waals surface area (Å²) < 4.78 is 31.5. The summed E-state index contributed by atoms with van der Waals surface area (Å²) in [5.74, 6) is -1.40. The molecule has 0 unspecified atom stereocenters. The number of benzene rings is 1. The average Bonchev–Trinajstić information content (AvgIpc) is 2.54. The Morgan fingerprint density at radius 3 is 2.12 bits per heavy atom. The monoisotopic (exact) mass is 368 g/mol. The van der Waals surface area contributed by atoms with E-state index in [0.29, 0.717) is 23.8 Å².